The first kappa shape index (κ1) is 17.8. The van der Waals surface area contributed by atoms with Gasteiger partial charge < -0.3 is 15.1 Å². The van der Waals surface area contributed by atoms with Crippen LogP contribution in [0.4, 0.5) is 0 Å². The lowest BCUT2D eigenvalue weighted by atomic mass is 10.2. The van der Waals surface area contributed by atoms with Gasteiger partial charge in [0.15, 0.2) is 11.7 Å². The van der Waals surface area contributed by atoms with Crippen LogP contribution in [0.1, 0.15) is 19.2 Å². The number of aryl methyl sites for hydroxylation is 1. The molecule has 2 N–H and O–H groups in total. The zero-order valence-corrected chi connectivity index (χ0v) is 14.5. The highest BCUT2D eigenvalue weighted by atomic mass is 35.5. The second-order valence-electron chi connectivity index (χ2n) is 5.24. The second kappa shape index (κ2) is 8.34. The fourth-order valence-electron chi connectivity index (χ4n) is 1.92. The Kier molecular flexibility index (Phi) is 6.45. The van der Waals surface area contributed by atoms with Gasteiger partial charge in [-0.1, -0.05) is 23.2 Å². The molecule has 1 aromatic carbocycles. The summed E-state index contributed by atoms with van der Waals surface area (Å²) < 4.78 is 5.66. The molecule has 0 aliphatic heterocycles. The van der Waals surface area contributed by atoms with E-state index >= 15 is 0 Å². The predicted octanol–water partition coefficient (Wildman–Crippen LogP) is 3.31. The number of benzene rings is 1. The Bertz CT molecular complexity index is 673. The monoisotopic (exact) mass is 355 g/mol. The largest absolute Gasteiger partial charge is 0.441 e. The van der Waals surface area contributed by atoms with Crippen LogP contribution in [-0.4, -0.2) is 30.5 Å². The van der Waals surface area contributed by atoms with Gasteiger partial charge in [0.1, 0.15) is 0 Å². The summed E-state index contributed by atoms with van der Waals surface area (Å²) in [5.74, 6) is 1.03. The van der Waals surface area contributed by atoms with Crippen molar-refractivity contribution in [1.29, 1.82) is 0 Å². The van der Waals surface area contributed by atoms with Crippen molar-refractivity contribution in [2.24, 2.45) is 0 Å². The van der Waals surface area contributed by atoms with Crippen LogP contribution in [0, 0.1) is 0 Å². The molecular weight excluding hydrogens is 337 g/mol. The van der Waals surface area contributed by atoms with Crippen LogP contribution in [-0.2, 0) is 11.2 Å². The molecule has 0 spiro atoms. The van der Waals surface area contributed by atoms with Gasteiger partial charge in [-0.05, 0) is 32.2 Å². The number of carbonyl (C=O) groups excluding carboxylic acids is 1. The van der Waals surface area contributed by atoms with Crippen molar-refractivity contribution in [2.75, 3.05) is 13.6 Å². The smallest absolute Gasteiger partial charge is 0.220 e. The van der Waals surface area contributed by atoms with E-state index in [-0.39, 0.29) is 11.9 Å². The van der Waals surface area contributed by atoms with Crippen LogP contribution in [0.25, 0.3) is 11.3 Å². The molecule has 1 atom stereocenters. The first-order chi connectivity index (χ1) is 11.0. The van der Waals surface area contributed by atoms with Gasteiger partial charge in [-0.3, -0.25) is 4.79 Å². The van der Waals surface area contributed by atoms with E-state index in [2.05, 4.69) is 15.6 Å². The number of aromatic nitrogens is 1. The molecule has 2 rings (SSSR count). The highest BCUT2D eigenvalue weighted by molar-refractivity contribution is 6.36. The van der Waals surface area contributed by atoms with Crippen molar-refractivity contribution >= 4 is 29.1 Å². The lowest BCUT2D eigenvalue weighted by Gasteiger charge is -2.10. The van der Waals surface area contributed by atoms with Crippen molar-refractivity contribution in [3.05, 3.63) is 40.3 Å². The van der Waals surface area contributed by atoms with Crippen molar-refractivity contribution in [3.63, 3.8) is 0 Å². The summed E-state index contributed by atoms with van der Waals surface area (Å²) in [6.07, 6.45) is 2.36. The van der Waals surface area contributed by atoms with Gasteiger partial charge >= 0.3 is 0 Å². The standard InChI is InChI=1S/C16H19Cl2N3O2/c1-10(19-2)8-20-15(22)5-6-16-21-9-14(23-16)12-4-3-11(17)7-13(12)18/h3-4,7,9-10,19H,5-6,8H2,1-2H3,(H,20,22). The molecule has 1 amide bonds. The first-order valence-electron chi connectivity index (χ1n) is 7.33. The quantitative estimate of drug-likeness (QED) is 0.799. The molecule has 0 fully saturated rings. The highest BCUT2D eigenvalue weighted by Gasteiger charge is 2.12. The lowest BCUT2D eigenvalue weighted by Crippen LogP contribution is -2.37. The molecule has 23 heavy (non-hydrogen) atoms. The third-order valence-corrected chi connectivity index (χ3v) is 3.96. The number of hydrogen-bond donors (Lipinski definition) is 2. The molecule has 1 heterocycles. The number of amides is 1. The van der Waals surface area contributed by atoms with Crippen LogP contribution < -0.4 is 10.6 Å². The topological polar surface area (TPSA) is 67.2 Å². The average molecular weight is 356 g/mol. The van der Waals surface area contributed by atoms with Gasteiger partial charge in [0, 0.05) is 36.0 Å². The number of likely N-dealkylation sites (N-methyl/N-ethyl adjacent to an activating group) is 1. The minimum absolute atomic E-state index is 0.0311. The number of nitrogens with zero attached hydrogens (tertiary/aromatic N) is 1. The molecule has 124 valence electrons. The maximum absolute atomic E-state index is 11.8. The number of oxazole rings is 1. The van der Waals surface area contributed by atoms with E-state index in [1.54, 1.807) is 24.4 Å². The Morgan fingerprint density at radius 3 is 2.87 bits per heavy atom. The van der Waals surface area contributed by atoms with E-state index in [4.69, 9.17) is 27.6 Å². The summed E-state index contributed by atoms with van der Waals surface area (Å²) in [6.45, 7) is 2.59. The number of rotatable bonds is 7. The summed E-state index contributed by atoms with van der Waals surface area (Å²) in [6, 6.07) is 5.40. The summed E-state index contributed by atoms with van der Waals surface area (Å²) in [7, 11) is 1.85. The molecule has 0 bridgehead atoms. The highest BCUT2D eigenvalue weighted by Crippen LogP contribution is 2.30. The summed E-state index contributed by atoms with van der Waals surface area (Å²) in [4.78, 5) is 15.9. The van der Waals surface area contributed by atoms with Gasteiger partial charge in [-0.15, -0.1) is 0 Å². The van der Waals surface area contributed by atoms with E-state index in [1.807, 2.05) is 14.0 Å². The van der Waals surface area contributed by atoms with Crippen LogP contribution in [0.2, 0.25) is 10.0 Å². The number of hydrogen-bond acceptors (Lipinski definition) is 4. The zero-order valence-electron chi connectivity index (χ0n) is 13.0. The fraction of sp³-hybridized carbons (Fsp3) is 0.375. The van der Waals surface area contributed by atoms with E-state index in [0.717, 1.165) is 5.56 Å². The Hall–Kier alpha value is -1.56. The molecule has 0 aliphatic carbocycles. The van der Waals surface area contributed by atoms with E-state index in [0.29, 0.717) is 41.1 Å². The second-order valence-corrected chi connectivity index (χ2v) is 6.08. The summed E-state index contributed by atoms with van der Waals surface area (Å²) in [5.41, 5.74) is 0.724. The summed E-state index contributed by atoms with van der Waals surface area (Å²) >= 11 is 12.0. The fourth-order valence-corrected chi connectivity index (χ4v) is 2.42. The molecule has 0 saturated heterocycles. The molecule has 0 saturated carbocycles. The number of nitrogens with one attached hydrogen (secondary N) is 2. The van der Waals surface area contributed by atoms with Crippen LogP contribution >= 0.6 is 23.2 Å². The zero-order chi connectivity index (χ0) is 16.8. The molecule has 0 radical (unpaired) electrons. The maximum Gasteiger partial charge on any atom is 0.220 e. The third kappa shape index (κ3) is 5.23. The van der Waals surface area contributed by atoms with E-state index < -0.39 is 0 Å². The molecule has 0 aliphatic rings. The molecule has 2 aromatic rings. The Morgan fingerprint density at radius 1 is 1.39 bits per heavy atom. The molecule has 7 heteroatoms. The van der Waals surface area contributed by atoms with Crippen LogP contribution in [0.3, 0.4) is 0 Å². The normalized spacial score (nSPS) is 12.2. The van der Waals surface area contributed by atoms with Crippen molar-refractivity contribution in [2.45, 2.75) is 25.8 Å². The number of halogens is 2. The summed E-state index contributed by atoms with van der Waals surface area (Å²) in [5, 5.41) is 6.97. The molecular formula is C16H19Cl2N3O2. The Balaban J connectivity index is 1.91. The van der Waals surface area contributed by atoms with Gasteiger partial charge in [-0.2, -0.15) is 0 Å². The third-order valence-electron chi connectivity index (χ3n) is 3.41. The van der Waals surface area contributed by atoms with Gasteiger partial charge in [-0.25, -0.2) is 4.98 Å². The Labute approximate surface area is 145 Å². The van der Waals surface area contributed by atoms with Crippen molar-refractivity contribution in [1.82, 2.24) is 15.6 Å². The van der Waals surface area contributed by atoms with Gasteiger partial charge in [0.25, 0.3) is 0 Å². The SMILES string of the molecule is CNC(C)CNC(=O)CCc1ncc(-c2ccc(Cl)cc2Cl)o1. The predicted molar refractivity (Wildman–Crippen MR) is 91.8 cm³/mol. The van der Waals surface area contributed by atoms with Crippen LogP contribution in [0.15, 0.2) is 28.8 Å². The number of carbonyl (C=O) groups is 1. The maximum atomic E-state index is 11.8. The average Bonchev–Trinajstić information content (AvgIpc) is 2.99. The van der Waals surface area contributed by atoms with Gasteiger partial charge in [0.05, 0.1) is 11.2 Å². The van der Waals surface area contributed by atoms with Crippen molar-refractivity contribution in [3.8, 4) is 11.3 Å². The molecule has 1 unspecified atom stereocenters. The minimum atomic E-state index is -0.0311. The lowest BCUT2D eigenvalue weighted by molar-refractivity contribution is -0.121. The van der Waals surface area contributed by atoms with Gasteiger partial charge in [0.2, 0.25) is 5.91 Å². The van der Waals surface area contributed by atoms with Crippen molar-refractivity contribution < 1.29 is 9.21 Å². The van der Waals surface area contributed by atoms with Crippen LogP contribution in [0.5, 0.6) is 0 Å². The first-order valence-corrected chi connectivity index (χ1v) is 8.09. The Morgan fingerprint density at radius 2 is 2.17 bits per heavy atom. The van der Waals surface area contributed by atoms with E-state index in [1.165, 1.54) is 0 Å². The minimum Gasteiger partial charge on any atom is -0.441 e. The molecule has 5 nitrogen and oxygen atoms in total. The van der Waals surface area contributed by atoms with E-state index in [9.17, 15) is 4.79 Å². The molecule has 1 aromatic heterocycles.